The lowest BCUT2D eigenvalue weighted by Crippen LogP contribution is -1.96. The average molecular weight is 229 g/mol. The molecule has 3 heterocycles. The van der Waals surface area contributed by atoms with Crippen molar-refractivity contribution in [3.05, 3.63) is 29.6 Å². The fourth-order valence-electron chi connectivity index (χ4n) is 1.84. The number of rotatable bonds is 2. The second-order valence-electron chi connectivity index (χ2n) is 3.90. The van der Waals surface area contributed by atoms with E-state index in [-0.39, 0.29) is 0 Å². The maximum absolute atomic E-state index is 5.73. The van der Waals surface area contributed by atoms with Crippen LogP contribution in [0.25, 0.3) is 11.2 Å². The molecule has 0 saturated heterocycles. The number of pyridine rings is 1. The van der Waals surface area contributed by atoms with Gasteiger partial charge in [-0.3, -0.25) is 4.68 Å². The maximum atomic E-state index is 5.73. The zero-order valence-electron chi connectivity index (χ0n) is 9.25. The molecule has 0 saturated carbocycles. The number of nitrogens with two attached hydrogens (primary N) is 1. The smallest absolute Gasteiger partial charge is 0.203 e. The number of H-pyrrole nitrogens is 1. The predicted molar refractivity (Wildman–Crippen MR) is 62.1 cm³/mol. The van der Waals surface area contributed by atoms with E-state index in [0.717, 1.165) is 16.6 Å². The third-order valence-electron chi connectivity index (χ3n) is 2.54. The Morgan fingerprint density at radius 2 is 2.29 bits per heavy atom. The number of nitrogens with one attached hydrogen (secondary N) is 1. The highest BCUT2D eigenvalue weighted by molar-refractivity contribution is 5.76. The van der Waals surface area contributed by atoms with Gasteiger partial charge in [0.15, 0.2) is 0 Å². The van der Waals surface area contributed by atoms with Gasteiger partial charge in [0.2, 0.25) is 5.65 Å². The third kappa shape index (κ3) is 1.71. The van der Waals surface area contributed by atoms with Crippen LogP contribution in [0.4, 0.5) is 5.82 Å². The summed E-state index contributed by atoms with van der Waals surface area (Å²) < 4.78 is 1.76. The Labute approximate surface area is 96.7 Å². The van der Waals surface area contributed by atoms with Crippen LogP contribution in [0.15, 0.2) is 18.5 Å². The molecule has 7 heteroatoms. The van der Waals surface area contributed by atoms with Crippen molar-refractivity contribution in [2.45, 2.75) is 6.42 Å². The van der Waals surface area contributed by atoms with Gasteiger partial charge in [-0.05, 0) is 17.2 Å². The van der Waals surface area contributed by atoms with Crippen LogP contribution in [0.3, 0.4) is 0 Å². The summed E-state index contributed by atoms with van der Waals surface area (Å²) in [5.41, 5.74) is 9.12. The Balaban J connectivity index is 2.07. The van der Waals surface area contributed by atoms with Crippen LogP contribution in [0.5, 0.6) is 0 Å². The summed E-state index contributed by atoms with van der Waals surface area (Å²) in [5, 5.41) is 14.7. The first-order chi connectivity index (χ1) is 8.22. The Kier molecular flexibility index (Phi) is 2.04. The van der Waals surface area contributed by atoms with Crippen molar-refractivity contribution in [3.8, 4) is 0 Å². The fraction of sp³-hybridized carbons (Fsp3) is 0.200. The van der Waals surface area contributed by atoms with E-state index in [4.69, 9.17) is 5.73 Å². The molecule has 7 nitrogen and oxygen atoms in total. The highest BCUT2D eigenvalue weighted by Crippen LogP contribution is 2.18. The van der Waals surface area contributed by atoms with Gasteiger partial charge in [-0.25, -0.2) is 4.98 Å². The number of anilines is 1. The van der Waals surface area contributed by atoms with E-state index in [2.05, 4.69) is 25.5 Å². The first-order valence-electron chi connectivity index (χ1n) is 5.16. The van der Waals surface area contributed by atoms with E-state index in [1.54, 1.807) is 4.68 Å². The van der Waals surface area contributed by atoms with Crippen LogP contribution in [-0.2, 0) is 13.5 Å². The summed E-state index contributed by atoms with van der Waals surface area (Å²) in [6.45, 7) is 0. The number of aromatic amines is 1. The lowest BCUT2D eigenvalue weighted by molar-refractivity contribution is 0.767. The summed E-state index contributed by atoms with van der Waals surface area (Å²) in [6.07, 6.45) is 4.49. The first kappa shape index (κ1) is 9.76. The van der Waals surface area contributed by atoms with E-state index in [1.165, 1.54) is 0 Å². The second-order valence-corrected chi connectivity index (χ2v) is 3.90. The molecule has 0 fully saturated rings. The van der Waals surface area contributed by atoms with E-state index >= 15 is 0 Å². The van der Waals surface area contributed by atoms with Crippen molar-refractivity contribution in [2.75, 3.05) is 5.73 Å². The van der Waals surface area contributed by atoms with Crippen LogP contribution in [0.1, 0.15) is 11.1 Å². The lowest BCUT2D eigenvalue weighted by atomic mass is 10.1. The molecule has 0 aromatic carbocycles. The van der Waals surface area contributed by atoms with Gasteiger partial charge in [-0.1, -0.05) is 0 Å². The highest BCUT2D eigenvalue weighted by atomic mass is 15.3. The fourth-order valence-corrected chi connectivity index (χ4v) is 1.84. The largest absolute Gasteiger partial charge is 0.384 e. The summed E-state index contributed by atoms with van der Waals surface area (Å²) in [4.78, 5) is 4.10. The number of fused-ring (bicyclic) bond motifs is 1. The van der Waals surface area contributed by atoms with Gasteiger partial charge in [0.1, 0.15) is 11.3 Å². The van der Waals surface area contributed by atoms with Crippen LogP contribution < -0.4 is 5.73 Å². The summed E-state index contributed by atoms with van der Waals surface area (Å²) in [7, 11) is 1.89. The molecule has 0 aliphatic rings. The van der Waals surface area contributed by atoms with E-state index in [1.807, 2.05) is 25.5 Å². The van der Waals surface area contributed by atoms with Crippen LogP contribution in [0, 0.1) is 0 Å². The monoisotopic (exact) mass is 229 g/mol. The summed E-state index contributed by atoms with van der Waals surface area (Å²) in [6, 6.07) is 1.82. The quantitative estimate of drug-likeness (QED) is 0.656. The van der Waals surface area contributed by atoms with Crippen LogP contribution >= 0.6 is 0 Å². The van der Waals surface area contributed by atoms with Gasteiger partial charge >= 0.3 is 0 Å². The Morgan fingerprint density at radius 3 is 3.06 bits per heavy atom. The summed E-state index contributed by atoms with van der Waals surface area (Å²) in [5.74, 6) is 0.449. The zero-order chi connectivity index (χ0) is 11.8. The molecule has 0 spiro atoms. The molecule has 0 atom stereocenters. The molecule has 0 amide bonds. The van der Waals surface area contributed by atoms with Crippen molar-refractivity contribution in [3.63, 3.8) is 0 Å². The minimum atomic E-state index is 0.449. The molecule has 0 radical (unpaired) electrons. The molecular formula is C10H11N7. The van der Waals surface area contributed by atoms with Crippen molar-refractivity contribution < 1.29 is 0 Å². The lowest BCUT2D eigenvalue weighted by Gasteiger charge is -2.00. The topological polar surface area (TPSA) is 98.3 Å². The molecular weight excluding hydrogens is 218 g/mol. The predicted octanol–water partition coefficient (Wildman–Crippen LogP) is 0.259. The molecule has 3 aromatic rings. The zero-order valence-corrected chi connectivity index (χ0v) is 9.25. The highest BCUT2D eigenvalue weighted by Gasteiger charge is 2.09. The molecule has 86 valence electrons. The average Bonchev–Trinajstić information content (AvgIpc) is 2.87. The van der Waals surface area contributed by atoms with Crippen molar-refractivity contribution >= 4 is 17.0 Å². The number of hydrogen-bond donors (Lipinski definition) is 2. The van der Waals surface area contributed by atoms with E-state index in [0.29, 0.717) is 17.9 Å². The number of nitrogens with zero attached hydrogens (tertiary/aromatic N) is 5. The summed E-state index contributed by atoms with van der Waals surface area (Å²) >= 11 is 0. The number of aromatic nitrogens is 6. The van der Waals surface area contributed by atoms with Crippen molar-refractivity contribution in [1.29, 1.82) is 0 Å². The minimum absolute atomic E-state index is 0.449. The maximum Gasteiger partial charge on any atom is 0.203 e. The van der Waals surface area contributed by atoms with Gasteiger partial charge in [0.25, 0.3) is 0 Å². The first-order valence-corrected chi connectivity index (χ1v) is 5.16. The Morgan fingerprint density at radius 1 is 1.41 bits per heavy atom. The van der Waals surface area contributed by atoms with Gasteiger partial charge in [0, 0.05) is 19.7 Å². The van der Waals surface area contributed by atoms with E-state index in [9.17, 15) is 0 Å². The van der Waals surface area contributed by atoms with Gasteiger partial charge in [0.05, 0.1) is 6.20 Å². The second kappa shape index (κ2) is 3.55. The molecule has 0 unspecified atom stereocenters. The molecule has 3 aromatic heterocycles. The standard InChI is InChI=1S/C10H11N7/c1-17-5-6(4-12-17)2-7-3-8(11)13-10-9(7)14-16-15-10/h3-5H,2H2,1H3,(H3,11,13,14,15,16). The van der Waals surface area contributed by atoms with E-state index < -0.39 is 0 Å². The molecule has 0 bridgehead atoms. The van der Waals surface area contributed by atoms with Crippen molar-refractivity contribution in [1.82, 2.24) is 30.2 Å². The number of nitrogen functional groups attached to an aromatic ring is 1. The van der Waals surface area contributed by atoms with Gasteiger partial charge in [-0.15, -0.1) is 5.10 Å². The normalized spacial score (nSPS) is 11.1. The molecule has 17 heavy (non-hydrogen) atoms. The molecule has 3 N–H and O–H groups in total. The molecule has 0 aliphatic heterocycles. The Bertz CT molecular complexity index is 666. The molecule has 0 aliphatic carbocycles. The Hall–Kier alpha value is -2.44. The molecule has 3 rings (SSSR count). The number of aryl methyl sites for hydroxylation is 1. The minimum Gasteiger partial charge on any atom is -0.384 e. The SMILES string of the molecule is Cn1cc(Cc2cc(N)nc3n[nH]nc23)cn1. The van der Waals surface area contributed by atoms with Crippen LogP contribution in [0.2, 0.25) is 0 Å². The van der Waals surface area contributed by atoms with Crippen molar-refractivity contribution in [2.24, 2.45) is 7.05 Å². The number of hydrogen-bond acceptors (Lipinski definition) is 5. The van der Waals surface area contributed by atoms with Gasteiger partial charge in [-0.2, -0.15) is 15.4 Å². The van der Waals surface area contributed by atoms with Crippen LogP contribution in [-0.4, -0.2) is 30.2 Å². The third-order valence-corrected chi connectivity index (χ3v) is 2.54. The van der Waals surface area contributed by atoms with Gasteiger partial charge < -0.3 is 5.73 Å².